The number of aliphatic hydroxyl groups excluding tert-OH is 1. The Labute approximate surface area is 127 Å². The van der Waals surface area contributed by atoms with Crippen molar-refractivity contribution in [2.45, 2.75) is 32.2 Å². The number of carbonyl (C=O) groups excluding carboxylic acids is 1. The summed E-state index contributed by atoms with van der Waals surface area (Å²) >= 11 is 7.63. The third kappa shape index (κ3) is 3.72. The highest BCUT2D eigenvalue weighted by Gasteiger charge is 2.13. The van der Waals surface area contributed by atoms with Crippen LogP contribution in [0.5, 0.6) is 0 Å². The maximum absolute atomic E-state index is 12.1. The molecule has 5 heteroatoms. The first-order valence-corrected chi connectivity index (χ1v) is 7.95. The zero-order valence-electron chi connectivity index (χ0n) is 11.4. The molecule has 2 aromatic rings. The van der Waals surface area contributed by atoms with Gasteiger partial charge < -0.3 is 10.4 Å². The Bertz CT molecular complexity index is 597. The van der Waals surface area contributed by atoms with Crippen molar-refractivity contribution in [3.05, 3.63) is 34.2 Å². The molecule has 0 spiro atoms. The van der Waals surface area contributed by atoms with E-state index in [0.29, 0.717) is 17.9 Å². The molecule has 0 saturated heterocycles. The summed E-state index contributed by atoms with van der Waals surface area (Å²) in [6, 6.07) is 5.78. The Balaban J connectivity index is 2.08. The Morgan fingerprint density at radius 1 is 1.50 bits per heavy atom. The monoisotopic (exact) mass is 311 g/mol. The van der Waals surface area contributed by atoms with Crippen LogP contribution in [0.3, 0.4) is 0 Å². The van der Waals surface area contributed by atoms with E-state index in [9.17, 15) is 4.79 Å². The first-order valence-electron chi connectivity index (χ1n) is 6.70. The number of fused-ring (bicyclic) bond motifs is 1. The van der Waals surface area contributed by atoms with Gasteiger partial charge in [-0.1, -0.05) is 18.5 Å². The Morgan fingerprint density at radius 2 is 2.30 bits per heavy atom. The van der Waals surface area contributed by atoms with Crippen LogP contribution in [0, 0.1) is 0 Å². The fraction of sp³-hybridized carbons (Fsp3) is 0.400. The molecule has 0 fully saturated rings. The minimum atomic E-state index is -0.00928. The van der Waals surface area contributed by atoms with Crippen molar-refractivity contribution in [1.29, 1.82) is 0 Å². The first-order chi connectivity index (χ1) is 9.63. The molecule has 1 aromatic carbocycles. The summed E-state index contributed by atoms with van der Waals surface area (Å²) in [6.45, 7) is 2.09. The molecule has 2 rings (SSSR count). The topological polar surface area (TPSA) is 49.3 Å². The van der Waals surface area contributed by atoms with Crippen molar-refractivity contribution < 1.29 is 9.90 Å². The standard InChI is InChI=1S/C15H18ClNO2S/c1-2-12(5-6-18)17-15(19)7-10-9-20-14-4-3-11(16)8-13(10)14/h3-4,8-9,12,18H,2,5-7H2,1H3,(H,17,19). The van der Waals surface area contributed by atoms with E-state index in [-0.39, 0.29) is 18.6 Å². The molecule has 0 aliphatic rings. The number of amides is 1. The van der Waals surface area contributed by atoms with Crippen molar-refractivity contribution in [1.82, 2.24) is 5.32 Å². The van der Waals surface area contributed by atoms with Gasteiger partial charge >= 0.3 is 0 Å². The summed E-state index contributed by atoms with van der Waals surface area (Å²) in [5, 5.41) is 15.6. The van der Waals surface area contributed by atoms with Gasteiger partial charge in [0, 0.05) is 22.4 Å². The number of benzene rings is 1. The third-order valence-electron chi connectivity index (χ3n) is 3.30. The van der Waals surface area contributed by atoms with Gasteiger partial charge in [-0.15, -0.1) is 11.3 Å². The largest absolute Gasteiger partial charge is 0.396 e. The number of hydrogen-bond acceptors (Lipinski definition) is 3. The van der Waals surface area contributed by atoms with Gasteiger partial charge in [0.15, 0.2) is 0 Å². The number of carbonyl (C=O) groups is 1. The molecule has 108 valence electrons. The van der Waals surface area contributed by atoms with Crippen LogP contribution in [-0.4, -0.2) is 23.7 Å². The molecule has 0 aliphatic heterocycles. The van der Waals surface area contributed by atoms with Crippen LogP contribution < -0.4 is 5.32 Å². The van der Waals surface area contributed by atoms with Gasteiger partial charge in [-0.3, -0.25) is 4.79 Å². The summed E-state index contributed by atoms with van der Waals surface area (Å²) < 4.78 is 1.14. The van der Waals surface area contributed by atoms with Crippen molar-refractivity contribution in [3.63, 3.8) is 0 Å². The molecule has 1 atom stereocenters. The summed E-state index contributed by atoms with van der Waals surface area (Å²) in [6.07, 6.45) is 1.77. The molecular weight excluding hydrogens is 294 g/mol. The molecule has 0 bridgehead atoms. The number of aliphatic hydroxyl groups is 1. The number of halogens is 1. The number of nitrogens with one attached hydrogen (secondary N) is 1. The van der Waals surface area contributed by atoms with Crippen molar-refractivity contribution in [2.75, 3.05) is 6.61 Å². The quantitative estimate of drug-likeness (QED) is 0.859. The van der Waals surface area contributed by atoms with Crippen LogP contribution in [0.25, 0.3) is 10.1 Å². The van der Waals surface area contributed by atoms with Gasteiger partial charge in [-0.2, -0.15) is 0 Å². The number of thiophene rings is 1. The highest BCUT2D eigenvalue weighted by atomic mass is 35.5. The van der Waals surface area contributed by atoms with Crippen LogP contribution in [-0.2, 0) is 11.2 Å². The summed E-state index contributed by atoms with van der Waals surface area (Å²) in [4.78, 5) is 12.1. The smallest absolute Gasteiger partial charge is 0.224 e. The van der Waals surface area contributed by atoms with E-state index in [1.54, 1.807) is 11.3 Å². The van der Waals surface area contributed by atoms with E-state index < -0.39 is 0 Å². The van der Waals surface area contributed by atoms with Gasteiger partial charge in [0.05, 0.1) is 6.42 Å². The highest BCUT2D eigenvalue weighted by molar-refractivity contribution is 7.17. The minimum Gasteiger partial charge on any atom is -0.396 e. The lowest BCUT2D eigenvalue weighted by atomic mass is 10.1. The maximum Gasteiger partial charge on any atom is 0.224 e. The molecule has 20 heavy (non-hydrogen) atoms. The fourth-order valence-corrected chi connectivity index (χ4v) is 3.29. The number of rotatable bonds is 6. The molecular formula is C15H18ClNO2S. The Morgan fingerprint density at radius 3 is 3.00 bits per heavy atom. The summed E-state index contributed by atoms with van der Waals surface area (Å²) in [5.74, 6) is -0.00928. The lowest BCUT2D eigenvalue weighted by molar-refractivity contribution is -0.121. The van der Waals surface area contributed by atoms with E-state index in [2.05, 4.69) is 5.32 Å². The van der Waals surface area contributed by atoms with Gasteiger partial charge in [-0.25, -0.2) is 0 Å². The Hall–Kier alpha value is -1.10. The van der Waals surface area contributed by atoms with Crippen LogP contribution in [0.1, 0.15) is 25.3 Å². The van der Waals surface area contributed by atoms with E-state index in [1.807, 2.05) is 30.5 Å². The predicted molar refractivity (Wildman–Crippen MR) is 84.5 cm³/mol. The molecule has 1 amide bonds. The average Bonchev–Trinajstić information content (AvgIpc) is 2.80. The van der Waals surface area contributed by atoms with Gasteiger partial charge in [0.25, 0.3) is 0 Å². The third-order valence-corrected chi connectivity index (χ3v) is 4.55. The molecule has 0 saturated carbocycles. The lowest BCUT2D eigenvalue weighted by Crippen LogP contribution is -2.36. The lowest BCUT2D eigenvalue weighted by Gasteiger charge is -2.15. The predicted octanol–water partition coefficient (Wildman–Crippen LogP) is 3.37. The SMILES string of the molecule is CCC(CCO)NC(=O)Cc1csc2ccc(Cl)cc12. The van der Waals surface area contributed by atoms with E-state index in [4.69, 9.17) is 16.7 Å². The average molecular weight is 312 g/mol. The first kappa shape index (κ1) is 15.3. The highest BCUT2D eigenvalue weighted by Crippen LogP contribution is 2.28. The summed E-state index contributed by atoms with van der Waals surface area (Å²) in [7, 11) is 0. The van der Waals surface area contributed by atoms with Gasteiger partial charge in [0.1, 0.15) is 0 Å². The van der Waals surface area contributed by atoms with Crippen LogP contribution in [0.4, 0.5) is 0 Å². The number of hydrogen-bond donors (Lipinski definition) is 2. The minimum absolute atomic E-state index is 0.00928. The van der Waals surface area contributed by atoms with Gasteiger partial charge in [0.2, 0.25) is 5.91 Å². The van der Waals surface area contributed by atoms with Crippen LogP contribution in [0.15, 0.2) is 23.6 Å². The summed E-state index contributed by atoms with van der Waals surface area (Å²) in [5.41, 5.74) is 1.00. The molecule has 3 nitrogen and oxygen atoms in total. The molecule has 1 aromatic heterocycles. The van der Waals surface area contributed by atoms with E-state index >= 15 is 0 Å². The van der Waals surface area contributed by atoms with Crippen molar-refractivity contribution >= 4 is 38.9 Å². The Kier molecular flexibility index (Phi) is 5.40. The molecule has 1 unspecified atom stereocenters. The second-order valence-corrected chi connectivity index (χ2v) is 6.11. The normalized spacial score (nSPS) is 12.6. The fourth-order valence-electron chi connectivity index (χ4n) is 2.18. The second-order valence-electron chi connectivity index (χ2n) is 4.76. The zero-order valence-corrected chi connectivity index (χ0v) is 12.9. The molecule has 1 heterocycles. The molecule has 0 radical (unpaired) electrons. The van der Waals surface area contributed by atoms with Gasteiger partial charge in [-0.05, 0) is 47.4 Å². The van der Waals surface area contributed by atoms with Crippen LogP contribution in [0.2, 0.25) is 5.02 Å². The van der Waals surface area contributed by atoms with Crippen molar-refractivity contribution in [2.24, 2.45) is 0 Å². The zero-order chi connectivity index (χ0) is 14.5. The maximum atomic E-state index is 12.1. The van der Waals surface area contributed by atoms with E-state index in [1.165, 1.54) is 0 Å². The second kappa shape index (κ2) is 7.07. The molecule has 0 aliphatic carbocycles. The molecule has 2 N–H and O–H groups in total. The van der Waals surface area contributed by atoms with Crippen molar-refractivity contribution in [3.8, 4) is 0 Å². The van der Waals surface area contributed by atoms with Crippen LogP contribution >= 0.6 is 22.9 Å². The van der Waals surface area contributed by atoms with E-state index in [0.717, 1.165) is 22.1 Å².